The molecule has 0 bridgehead atoms. The Morgan fingerprint density at radius 3 is 2.14 bits per heavy atom. The fourth-order valence-corrected chi connectivity index (χ4v) is 4.52. The summed E-state index contributed by atoms with van der Waals surface area (Å²) in [7, 11) is -1.66. The number of nitrogens with one attached hydrogen (secondary N) is 2. The first kappa shape index (κ1) is 22.3. The van der Waals surface area contributed by atoms with Crippen LogP contribution in [0, 0.1) is 5.82 Å². The molecular weight excluding hydrogens is 405 g/mol. The number of piperidine rings is 1. The van der Waals surface area contributed by atoms with Gasteiger partial charge in [0.25, 0.3) is 5.91 Å². The summed E-state index contributed by atoms with van der Waals surface area (Å²) in [6.07, 6.45) is 1.56. The van der Waals surface area contributed by atoms with Gasteiger partial charge in [-0.1, -0.05) is 0 Å². The molecule has 0 radical (unpaired) electrons. The Morgan fingerprint density at radius 2 is 1.61 bits per heavy atom. The van der Waals surface area contributed by atoms with Crippen LogP contribution in [0.5, 0.6) is 0 Å². The molecule has 0 atom stereocenters. The van der Waals surface area contributed by atoms with Gasteiger partial charge in [-0.3, -0.25) is 4.79 Å². The van der Waals surface area contributed by atoms with Crippen molar-refractivity contribution in [3.05, 3.63) is 59.9 Å². The number of sulfonamides is 1. The van der Waals surface area contributed by atoms with Crippen LogP contribution in [-0.4, -0.2) is 44.8 Å². The van der Waals surface area contributed by atoms with Gasteiger partial charge in [-0.25, -0.2) is 12.8 Å². The van der Waals surface area contributed by atoms with Crippen LogP contribution in [0.1, 0.15) is 23.2 Å². The van der Waals surface area contributed by atoms with Crippen LogP contribution in [0.2, 0.25) is 0 Å². The highest BCUT2D eigenvalue weighted by Gasteiger charge is 2.28. The van der Waals surface area contributed by atoms with Gasteiger partial charge >= 0.3 is 0 Å². The third kappa shape index (κ3) is 5.08. The molecule has 0 aliphatic carbocycles. The maximum Gasteiger partial charge on any atom is 0.255 e. The van der Waals surface area contributed by atoms with Crippen LogP contribution in [0.15, 0.2) is 53.4 Å². The van der Waals surface area contributed by atoms with E-state index in [9.17, 15) is 17.6 Å². The van der Waals surface area contributed by atoms with Crippen molar-refractivity contribution in [1.82, 2.24) is 9.62 Å². The van der Waals surface area contributed by atoms with Crippen molar-refractivity contribution in [2.24, 2.45) is 0 Å². The second kappa shape index (κ2) is 9.47. The summed E-state index contributed by atoms with van der Waals surface area (Å²) < 4.78 is 39.9. The number of carbonyl (C=O) groups is 1. The van der Waals surface area contributed by atoms with E-state index in [1.165, 1.54) is 40.7 Å². The van der Waals surface area contributed by atoms with Gasteiger partial charge in [0, 0.05) is 30.4 Å². The smallest absolute Gasteiger partial charge is 0.255 e. The van der Waals surface area contributed by atoms with E-state index in [-0.39, 0.29) is 23.2 Å². The molecule has 1 amide bonds. The summed E-state index contributed by atoms with van der Waals surface area (Å²) in [4.78, 5) is 12.3. The Morgan fingerprint density at radius 1 is 1.04 bits per heavy atom. The van der Waals surface area contributed by atoms with E-state index in [4.69, 9.17) is 0 Å². The predicted molar refractivity (Wildman–Crippen MR) is 109 cm³/mol. The number of anilines is 1. The molecule has 9 heteroatoms. The molecule has 0 saturated carbocycles. The van der Waals surface area contributed by atoms with E-state index in [0.29, 0.717) is 30.4 Å². The third-order valence-corrected chi connectivity index (χ3v) is 6.63. The molecule has 1 heterocycles. The van der Waals surface area contributed by atoms with Gasteiger partial charge in [-0.05, 0) is 68.4 Å². The zero-order valence-corrected chi connectivity index (χ0v) is 17.0. The molecule has 6 nitrogen and oxygen atoms in total. The molecule has 0 unspecified atom stereocenters. The lowest BCUT2D eigenvalue weighted by atomic mass is 10.1. The molecule has 2 aromatic carbocycles. The van der Waals surface area contributed by atoms with Crippen molar-refractivity contribution < 1.29 is 17.6 Å². The second-order valence-corrected chi connectivity index (χ2v) is 8.39. The Bertz CT molecular complexity index is 897. The van der Waals surface area contributed by atoms with E-state index >= 15 is 0 Å². The lowest BCUT2D eigenvalue weighted by molar-refractivity contribution is 0.102. The molecule has 3 rings (SSSR count). The largest absolute Gasteiger partial charge is 0.322 e. The number of hydrogen-bond donors (Lipinski definition) is 2. The maximum absolute atomic E-state index is 12.9. The Balaban J connectivity index is 0.00000280. The molecule has 1 aliphatic rings. The second-order valence-electron chi connectivity index (χ2n) is 6.45. The molecule has 2 N–H and O–H groups in total. The summed E-state index contributed by atoms with van der Waals surface area (Å²) in [6.45, 7) is 0.966. The quantitative estimate of drug-likeness (QED) is 0.769. The fourth-order valence-electron chi connectivity index (χ4n) is 3.05. The van der Waals surface area contributed by atoms with E-state index in [1.807, 2.05) is 7.05 Å². The van der Waals surface area contributed by atoms with Crippen LogP contribution in [0.25, 0.3) is 0 Å². The summed E-state index contributed by atoms with van der Waals surface area (Å²) in [5.41, 5.74) is 0.790. The minimum atomic E-state index is -3.54. The van der Waals surface area contributed by atoms with Gasteiger partial charge < -0.3 is 10.6 Å². The van der Waals surface area contributed by atoms with Crippen LogP contribution in [-0.2, 0) is 10.0 Å². The van der Waals surface area contributed by atoms with Gasteiger partial charge in [0.1, 0.15) is 5.82 Å². The maximum atomic E-state index is 12.9. The number of halogens is 2. The number of amides is 1. The predicted octanol–water partition coefficient (Wildman–Crippen LogP) is 2.87. The topological polar surface area (TPSA) is 78.5 Å². The average Bonchev–Trinajstić information content (AvgIpc) is 2.69. The van der Waals surface area contributed by atoms with Crippen LogP contribution in [0.3, 0.4) is 0 Å². The minimum absolute atomic E-state index is 0. The molecule has 1 fully saturated rings. The van der Waals surface area contributed by atoms with Crippen molar-refractivity contribution in [3.8, 4) is 0 Å². The van der Waals surface area contributed by atoms with Crippen molar-refractivity contribution >= 4 is 34.0 Å². The van der Waals surface area contributed by atoms with Gasteiger partial charge in [0.2, 0.25) is 10.0 Å². The highest BCUT2D eigenvalue weighted by molar-refractivity contribution is 7.89. The SMILES string of the molecule is CNC1CCN(S(=O)(=O)c2ccc(NC(=O)c3ccc(F)cc3)cc2)CC1.Cl. The lowest BCUT2D eigenvalue weighted by Gasteiger charge is -2.31. The van der Waals surface area contributed by atoms with Gasteiger partial charge in [0.15, 0.2) is 0 Å². The standard InChI is InChI=1S/C19H22FN3O3S.ClH/c1-21-16-10-12-23(13-11-16)27(25,26)18-8-6-17(7-9-18)22-19(24)14-2-4-15(20)5-3-14;/h2-9,16,21H,10-13H2,1H3,(H,22,24);1H. The number of hydrogen-bond acceptors (Lipinski definition) is 4. The van der Waals surface area contributed by atoms with E-state index in [0.717, 1.165) is 12.8 Å². The van der Waals surface area contributed by atoms with Crippen LogP contribution in [0.4, 0.5) is 10.1 Å². The fraction of sp³-hybridized carbons (Fsp3) is 0.316. The zero-order valence-electron chi connectivity index (χ0n) is 15.4. The van der Waals surface area contributed by atoms with E-state index < -0.39 is 15.8 Å². The Hall–Kier alpha value is -2.00. The van der Waals surface area contributed by atoms with Gasteiger partial charge in [-0.15, -0.1) is 12.4 Å². The Labute approximate surface area is 170 Å². The minimum Gasteiger partial charge on any atom is -0.322 e. The zero-order chi connectivity index (χ0) is 19.4. The first-order chi connectivity index (χ1) is 12.9. The molecule has 1 saturated heterocycles. The lowest BCUT2D eigenvalue weighted by Crippen LogP contribution is -2.43. The number of carbonyl (C=O) groups excluding carboxylic acids is 1. The van der Waals surface area contributed by atoms with E-state index in [2.05, 4.69) is 10.6 Å². The van der Waals surface area contributed by atoms with Crippen molar-refractivity contribution in [1.29, 1.82) is 0 Å². The molecule has 152 valence electrons. The monoisotopic (exact) mass is 427 g/mol. The van der Waals surface area contributed by atoms with Crippen molar-refractivity contribution in [2.45, 2.75) is 23.8 Å². The number of nitrogens with zero attached hydrogens (tertiary/aromatic N) is 1. The summed E-state index contributed by atoms with van der Waals surface area (Å²) in [5, 5.41) is 5.85. The molecular formula is C19H23ClFN3O3S. The summed E-state index contributed by atoms with van der Waals surface area (Å²) in [6, 6.07) is 11.6. The molecule has 2 aromatic rings. The molecule has 1 aliphatic heterocycles. The van der Waals surface area contributed by atoms with Crippen molar-refractivity contribution in [3.63, 3.8) is 0 Å². The summed E-state index contributed by atoms with van der Waals surface area (Å²) >= 11 is 0. The number of rotatable bonds is 5. The van der Waals surface area contributed by atoms with Gasteiger partial charge in [0.05, 0.1) is 4.90 Å². The normalized spacial score (nSPS) is 15.6. The highest BCUT2D eigenvalue weighted by atomic mass is 35.5. The number of benzene rings is 2. The van der Waals surface area contributed by atoms with Crippen LogP contribution < -0.4 is 10.6 Å². The first-order valence-corrected chi connectivity index (χ1v) is 10.2. The average molecular weight is 428 g/mol. The van der Waals surface area contributed by atoms with Crippen molar-refractivity contribution in [2.75, 3.05) is 25.5 Å². The van der Waals surface area contributed by atoms with E-state index in [1.54, 1.807) is 12.1 Å². The van der Waals surface area contributed by atoms with Gasteiger partial charge in [-0.2, -0.15) is 4.31 Å². The molecule has 0 aromatic heterocycles. The van der Waals surface area contributed by atoms with Crippen LogP contribution >= 0.6 is 12.4 Å². The Kier molecular flexibility index (Phi) is 7.54. The molecule has 0 spiro atoms. The first-order valence-electron chi connectivity index (χ1n) is 8.74. The highest BCUT2D eigenvalue weighted by Crippen LogP contribution is 2.22. The molecule has 28 heavy (non-hydrogen) atoms. The summed E-state index contributed by atoms with van der Waals surface area (Å²) in [5.74, 6) is -0.806. The third-order valence-electron chi connectivity index (χ3n) is 4.72.